The summed E-state index contributed by atoms with van der Waals surface area (Å²) in [6.07, 6.45) is 7.69. The molecule has 98 valence electrons. The highest BCUT2D eigenvalue weighted by Crippen LogP contribution is 2.20. The van der Waals surface area contributed by atoms with Crippen molar-refractivity contribution in [2.75, 3.05) is 0 Å². The van der Waals surface area contributed by atoms with E-state index < -0.39 is 0 Å². The van der Waals surface area contributed by atoms with Crippen molar-refractivity contribution in [2.24, 2.45) is 0 Å². The van der Waals surface area contributed by atoms with Crippen molar-refractivity contribution in [3.8, 4) is 11.1 Å². The Balaban J connectivity index is 2.02. The van der Waals surface area contributed by atoms with E-state index in [1.54, 1.807) is 0 Å². The summed E-state index contributed by atoms with van der Waals surface area (Å²) in [6.45, 7) is 2.15. The lowest BCUT2D eigenvalue weighted by Crippen LogP contribution is -1.84. The zero-order chi connectivity index (χ0) is 13.5. The number of allylic oxidation sites excluding steroid dienone is 2. The molecule has 0 aliphatic heterocycles. The number of hydrogen-bond donors (Lipinski definition) is 0. The Kier molecular flexibility index (Phi) is 4.91. The van der Waals surface area contributed by atoms with Crippen LogP contribution in [0.5, 0.6) is 0 Å². The standard InChI is InChI=1S/C18H19F/c1-2-3-4-5-6-15-7-9-16(10-8-15)17-11-13-18(19)14-12-17/h3-4,7-14H,2,5-6H2,1H3. The third-order valence-electron chi connectivity index (χ3n) is 3.13. The summed E-state index contributed by atoms with van der Waals surface area (Å²) in [6, 6.07) is 15.1. The van der Waals surface area contributed by atoms with E-state index in [4.69, 9.17) is 0 Å². The molecule has 0 spiro atoms. The quantitative estimate of drug-likeness (QED) is 0.627. The maximum atomic E-state index is 12.9. The van der Waals surface area contributed by atoms with Gasteiger partial charge in [0.15, 0.2) is 0 Å². The van der Waals surface area contributed by atoms with Crippen molar-refractivity contribution in [1.29, 1.82) is 0 Å². The van der Waals surface area contributed by atoms with Gasteiger partial charge in [-0.1, -0.05) is 55.5 Å². The van der Waals surface area contributed by atoms with Crippen LogP contribution in [-0.2, 0) is 6.42 Å². The van der Waals surface area contributed by atoms with Crippen LogP contribution < -0.4 is 0 Å². The zero-order valence-electron chi connectivity index (χ0n) is 11.3. The van der Waals surface area contributed by atoms with Crippen LogP contribution in [0.15, 0.2) is 60.7 Å². The van der Waals surface area contributed by atoms with E-state index in [2.05, 4.69) is 43.3 Å². The van der Waals surface area contributed by atoms with E-state index in [-0.39, 0.29) is 5.82 Å². The van der Waals surface area contributed by atoms with Gasteiger partial charge in [0.2, 0.25) is 0 Å². The second-order valence-corrected chi connectivity index (χ2v) is 4.62. The molecule has 0 radical (unpaired) electrons. The van der Waals surface area contributed by atoms with E-state index in [0.717, 1.165) is 30.4 Å². The number of rotatable bonds is 5. The minimum Gasteiger partial charge on any atom is -0.207 e. The van der Waals surface area contributed by atoms with E-state index >= 15 is 0 Å². The highest BCUT2D eigenvalue weighted by molar-refractivity contribution is 5.63. The first kappa shape index (κ1) is 13.5. The van der Waals surface area contributed by atoms with Crippen molar-refractivity contribution in [1.82, 2.24) is 0 Å². The Labute approximate surface area is 114 Å². The van der Waals surface area contributed by atoms with Gasteiger partial charge in [-0.3, -0.25) is 0 Å². The second-order valence-electron chi connectivity index (χ2n) is 4.62. The second kappa shape index (κ2) is 6.89. The summed E-state index contributed by atoms with van der Waals surface area (Å²) in [5, 5.41) is 0. The molecular formula is C18H19F. The van der Waals surface area contributed by atoms with Crippen LogP contribution in [-0.4, -0.2) is 0 Å². The molecule has 0 atom stereocenters. The van der Waals surface area contributed by atoms with Gasteiger partial charge in [-0.15, -0.1) is 0 Å². The van der Waals surface area contributed by atoms with Gasteiger partial charge in [0.05, 0.1) is 0 Å². The smallest absolute Gasteiger partial charge is 0.123 e. The SMILES string of the molecule is CCC=CCCc1ccc(-c2ccc(F)cc2)cc1. The molecule has 0 aromatic heterocycles. The lowest BCUT2D eigenvalue weighted by atomic mass is 10.0. The molecule has 2 aromatic carbocycles. The Morgan fingerprint density at radius 1 is 0.842 bits per heavy atom. The van der Waals surface area contributed by atoms with Gasteiger partial charge in [-0.2, -0.15) is 0 Å². The van der Waals surface area contributed by atoms with Gasteiger partial charge in [-0.25, -0.2) is 4.39 Å². The summed E-state index contributed by atoms with van der Waals surface area (Å²) < 4.78 is 12.9. The van der Waals surface area contributed by atoms with Gasteiger partial charge in [0, 0.05) is 0 Å². The number of hydrogen-bond acceptors (Lipinski definition) is 0. The zero-order valence-corrected chi connectivity index (χ0v) is 11.3. The monoisotopic (exact) mass is 254 g/mol. The highest BCUT2D eigenvalue weighted by atomic mass is 19.1. The molecule has 2 rings (SSSR count). The Morgan fingerprint density at radius 3 is 2.00 bits per heavy atom. The lowest BCUT2D eigenvalue weighted by molar-refractivity contribution is 0.628. The van der Waals surface area contributed by atoms with Gasteiger partial charge < -0.3 is 0 Å². The Bertz CT molecular complexity index is 521. The third kappa shape index (κ3) is 4.06. The molecule has 0 heterocycles. The molecule has 0 N–H and O–H groups in total. The molecule has 0 unspecified atom stereocenters. The van der Waals surface area contributed by atoms with E-state index in [9.17, 15) is 4.39 Å². The molecule has 0 saturated heterocycles. The predicted molar refractivity (Wildman–Crippen MR) is 79.6 cm³/mol. The van der Waals surface area contributed by atoms with Gasteiger partial charge in [0.1, 0.15) is 5.82 Å². The van der Waals surface area contributed by atoms with Gasteiger partial charge in [-0.05, 0) is 48.1 Å². The van der Waals surface area contributed by atoms with Crippen LogP contribution in [0.3, 0.4) is 0 Å². The lowest BCUT2D eigenvalue weighted by Gasteiger charge is -2.04. The minimum absolute atomic E-state index is 0.192. The van der Waals surface area contributed by atoms with E-state index in [1.807, 2.05) is 12.1 Å². The molecule has 1 heteroatoms. The number of halogens is 1. The fourth-order valence-electron chi connectivity index (χ4n) is 2.04. The van der Waals surface area contributed by atoms with Crippen molar-refractivity contribution in [2.45, 2.75) is 26.2 Å². The molecule has 0 aliphatic carbocycles. The van der Waals surface area contributed by atoms with Gasteiger partial charge >= 0.3 is 0 Å². The molecule has 0 amide bonds. The molecule has 19 heavy (non-hydrogen) atoms. The summed E-state index contributed by atoms with van der Waals surface area (Å²) in [5.41, 5.74) is 3.53. The first-order valence-corrected chi connectivity index (χ1v) is 6.79. The molecule has 2 aromatic rings. The van der Waals surface area contributed by atoms with Crippen molar-refractivity contribution >= 4 is 0 Å². The Morgan fingerprint density at radius 2 is 1.42 bits per heavy atom. The fourth-order valence-corrected chi connectivity index (χ4v) is 2.04. The summed E-state index contributed by atoms with van der Waals surface area (Å²) >= 11 is 0. The molecule has 0 nitrogen and oxygen atoms in total. The molecule has 0 aliphatic rings. The van der Waals surface area contributed by atoms with E-state index in [0.29, 0.717) is 0 Å². The van der Waals surface area contributed by atoms with Crippen LogP contribution in [0.4, 0.5) is 4.39 Å². The fraction of sp³-hybridized carbons (Fsp3) is 0.222. The summed E-state index contributed by atoms with van der Waals surface area (Å²) in [4.78, 5) is 0. The summed E-state index contributed by atoms with van der Waals surface area (Å²) in [7, 11) is 0. The van der Waals surface area contributed by atoms with Crippen LogP contribution in [0, 0.1) is 5.82 Å². The predicted octanol–water partition coefficient (Wildman–Crippen LogP) is 5.39. The third-order valence-corrected chi connectivity index (χ3v) is 3.13. The highest BCUT2D eigenvalue weighted by Gasteiger charge is 1.98. The summed E-state index contributed by atoms with van der Waals surface area (Å²) in [5.74, 6) is -0.192. The van der Waals surface area contributed by atoms with Crippen molar-refractivity contribution in [3.05, 3.63) is 72.1 Å². The molecule has 0 saturated carbocycles. The van der Waals surface area contributed by atoms with Crippen molar-refractivity contribution < 1.29 is 4.39 Å². The van der Waals surface area contributed by atoms with Gasteiger partial charge in [0.25, 0.3) is 0 Å². The normalized spacial score (nSPS) is 11.1. The van der Waals surface area contributed by atoms with Crippen LogP contribution in [0.1, 0.15) is 25.3 Å². The first-order valence-electron chi connectivity index (χ1n) is 6.79. The van der Waals surface area contributed by atoms with Crippen LogP contribution in [0.25, 0.3) is 11.1 Å². The largest absolute Gasteiger partial charge is 0.207 e. The molecule has 0 bridgehead atoms. The molecular weight excluding hydrogens is 235 g/mol. The maximum Gasteiger partial charge on any atom is 0.123 e. The van der Waals surface area contributed by atoms with Crippen LogP contribution in [0.2, 0.25) is 0 Å². The van der Waals surface area contributed by atoms with Crippen LogP contribution >= 0.6 is 0 Å². The Hall–Kier alpha value is -1.89. The van der Waals surface area contributed by atoms with Crippen molar-refractivity contribution in [3.63, 3.8) is 0 Å². The van der Waals surface area contributed by atoms with E-state index in [1.165, 1.54) is 17.7 Å². The first-order chi connectivity index (χ1) is 9.29. The minimum atomic E-state index is -0.192. The maximum absolute atomic E-state index is 12.9. The topological polar surface area (TPSA) is 0 Å². The number of aryl methyl sites for hydroxylation is 1. The average Bonchev–Trinajstić information content (AvgIpc) is 2.45. The molecule has 0 fully saturated rings. The number of benzene rings is 2. The average molecular weight is 254 g/mol.